The zero-order valence-electron chi connectivity index (χ0n) is 6.27. The van der Waals surface area contributed by atoms with E-state index in [1.165, 1.54) is 6.07 Å². The number of aliphatic hydroxyl groups excluding tert-OH is 2. The van der Waals surface area contributed by atoms with Gasteiger partial charge in [0.15, 0.2) is 5.75 Å². The third kappa shape index (κ3) is 4.25. The highest BCUT2D eigenvalue weighted by Crippen LogP contribution is 1.87. The van der Waals surface area contributed by atoms with Gasteiger partial charge in [-0.25, -0.2) is 13.1 Å². The average Bonchev–Trinajstić information content (AvgIpc) is 2.00. The Morgan fingerprint density at radius 1 is 1.42 bits per heavy atom. The third-order valence-corrected chi connectivity index (χ3v) is 2.24. The van der Waals surface area contributed by atoms with Gasteiger partial charge in [-0.05, 0) is 0 Å². The van der Waals surface area contributed by atoms with E-state index in [-0.39, 0.29) is 0 Å². The largest absolute Gasteiger partial charge is 0.395 e. The van der Waals surface area contributed by atoms with Gasteiger partial charge in [-0.3, -0.25) is 0 Å². The normalized spacial score (nSPS) is 11.5. The minimum atomic E-state index is -3.69. The molecule has 0 amide bonds. The summed E-state index contributed by atoms with van der Waals surface area (Å²) < 4.78 is 23.5. The number of rotatable bonds is 5. The van der Waals surface area contributed by atoms with Crippen LogP contribution in [0.1, 0.15) is 0 Å². The van der Waals surface area contributed by atoms with Crippen molar-refractivity contribution < 1.29 is 18.6 Å². The maximum atomic E-state index is 10.8. The molecule has 70 valence electrons. The van der Waals surface area contributed by atoms with Gasteiger partial charge >= 0.3 is 0 Å². The molecule has 6 nitrogen and oxygen atoms in total. The molecular weight excluding hydrogens is 184 g/mol. The van der Waals surface area contributed by atoms with Crippen molar-refractivity contribution in [2.24, 2.45) is 0 Å². The van der Waals surface area contributed by atoms with Gasteiger partial charge in [-0.1, -0.05) is 0 Å². The molecule has 0 rings (SSSR count). The van der Waals surface area contributed by atoms with Crippen LogP contribution in [0.15, 0.2) is 0 Å². The van der Waals surface area contributed by atoms with Crippen LogP contribution in [-0.4, -0.2) is 43.6 Å². The highest BCUT2D eigenvalue weighted by Gasteiger charge is 2.15. The summed E-state index contributed by atoms with van der Waals surface area (Å²) >= 11 is 0. The van der Waals surface area contributed by atoms with E-state index >= 15 is 0 Å². The van der Waals surface area contributed by atoms with Crippen molar-refractivity contribution in [2.75, 3.05) is 19.0 Å². The SMILES string of the molecule is N#CCS(=O)(=O)NC(CO)CO. The van der Waals surface area contributed by atoms with E-state index in [0.29, 0.717) is 0 Å². The minimum absolute atomic E-state index is 0.499. The molecule has 0 radical (unpaired) electrons. The van der Waals surface area contributed by atoms with Crippen molar-refractivity contribution in [3.8, 4) is 6.07 Å². The number of hydrogen-bond acceptors (Lipinski definition) is 5. The molecule has 0 saturated heterocycles. The molecule has 0 fully saturated rings. The summed E-state index contributed by atoms with van der Waals surface area (Å²) in [5.41, 5.74) is 0. The van der Waals surface area contributed by atoms with E-state index in [1.54, 1.807) is 0 Å². The monoisotopic (exact) mass is 194 g/mol. The highest BCUT2D eigenvalue weighted by molar-refractivity contribution is 7.89. The summed E-state index contributed by atoms with van der Waals surface area (Å²) in [5, 5.41) is 25.0. The van der Waals surface area contributed by atoms with Crippen LogP contribution in [0.5, 0.6) is 0 Å². The summed E-state index contributed by atoms with van der Waals surface area (Å²) in [6.07, 6.45) is 0. The number of sulfonamides is 1. The van der Waals surface area contributed by atoms with Gasteiger partial charge in [0.1, 0.15) is 0 Å². The van der Waals surface area contributed by atoms with Crippen molar-refractivity contribution in [3.63, 3.8) is 0 Å². The van der Waals surface area contributed by atoms with Gasteiger partial charge in [0.25, 0.3) is 0 Å². The fourth-order valence-electron chi connectivity index (χ4n) is 0.513. The smallest absolute Gasteiger partial charge is 0.225 e. The third-order valence-electron chi connectivity index (χ3n) is 1.04. The lowest BCUT2D eigenvalue weighted by Crippen LogP contribution is -2.40. The van der Waals surface area contributed by atoms with Crippen LogP contribution in [-0.2, 0) is 10.0 Å². The van der Waals surface area contributed by atoms with Crippen LogP contribution in [0.4, 0.5) is 0 Å². The van der Waals surface area contributed by atoms with Crippen molar-refractivity contribution in [1.29, 1.82) is 5.26 Å². The van der Waals surface area contributed by atoms with Crippen LogP contribution in [0, 0.1) is 11.3 Å². The summed E-state index contributed by atoms with van der Waals surface area (Å²) in [6.45, 7) is -0.998. The molecule has 0 aromatic rings. The fraction of sp³-hybridized carbons (Fsp3) is 0.800. The van der Waals surface area contributed by atoms with E-state index in [1.807, 2.05) is 4.72 Å². The number of hydrogen-bond donors (Lipinski definition) is 3. The van der Waals surface area contributed by atoms with Crippen molar-refractivity contribution >= 4 is 10.0 Å². The predicted molar refractivity (Wildman–Crippen MR) is 40.5 cm³/mol. The van der Waals surface area contributed by atoms with Gasteiger partial charge in [0.2, 0.25) is 10.0 Å². The first-order valence-corrected chi connectivity index (χ1v) is 4.79. The molecule has 0 aromatic carbocycles. The molecule has 12 heavy (non-hydrogen) atoms. The topological polar surface area (TPSA) is 110 Å². The first-order chi connectivity index (χ1) is 5.55. The number of nitriles is 1. The van der Waals surface area contributed by atoms with Gasteiger partial charge < -0.3 is 10.2 Å². The Hall–Kier alpha value is -0.680. The summed E-state index contributed by atoms with van der Waals surface area (Å²) in [5.74, 6) is -0.677. The Morgan fingerprint density at radius 2 is 1.92 bits per heavy atom. The van der Waals surface area contributed by atoms with E-state index in [0.717, 1.165) is 0 Å². The van der Waals surface area contributed by atoms with E-state index in [9.17, 15) is 8.42 Å². The zero-order valence-corrected chi connectivity index (χ0v) is 7.08. The van der Waals surface area contributed by atoms with E-state index in [4.69, 9.17) is 15.5 Å². The van der Waals surface area contributed by atoms with Crippen LogP contribution in [0.3, 0.4) is 0 Å². The van der Waals surface area contributed by atoms with Gasteiger partial charge in [0.05, 0.1) is 25.3 Å². The van der Waals surface area contributed by atoms with Crippen molar-refractivity contribution in [1.82, 2.24) is 4.72 Å². The average molecular weight is 194 g/mol. The molecule has 0 aromatic heterocycles. The van der Waals surface area contributed by atoms with Crippen LogP contribution < -0.4 is 4.72 Å². The molecule has 0 bridgehead atoms. The summed E-state index contributed by atoms with van der Waals surface area (Å²) in [7, 11) is -3.69. The molecule has 0 saturated carbocycles. The summed E-state index contributed by atoms with van der Waals surface area (Å²) in [4.78, 5) is 0. The fourth-order valence-corrected chi connectivity index (χ4v) is 1.42. The lowest BCUT2D eigenvalue weighted by molar-refractivity contribution is 0.185. The van der Waals surface area contributed by atoms with Gasteiger partial charge in [0, 0.05) is 0 Å². The maximum Gasteiger partial charge on any atom is 0.225 e. The molecule has 0 aliphatic rings. The number of nitrogens with zero attached hydrogens (tertiary/aromatic N) is 1. The molecule has 7 heteroatoms. The second-order valence-electron chi connectivity index (χ2n) is 2.10. The van der Waals surface area contributed by atoms with Crippen LogP contribution in [0.25, 0.3) is 0 Å². The summed E-state index contributed by atoms with van der Waals surface area (Å²) in [6, 6.07) is 0.520. The van der Waals surface area contributed by atoms with Gasteiger partial charge in [-0.2, -0.15) is 5.26 Å². The Labute approximate surface area is 70.5 Å². The molecule has 0 aliphatic carbocycles. The second kappa shape index (κ2) is 5.05. The number of aliphatic hydroxyl groups is 2. The molecule has 0 spiro atoms. The van der Waals surface area contributed by atoms with Crippen LogP contribution >= 0.6 is 0 Å². The first kappa shape index (κ1) is 11.3. The Bertz CT molecular complexity index is 251. The van der Waals surface area contributed by atoms with E-state index in [2.05, 4.69) is 0 Å². The molecule has 0 aliphatic heterocycles. The van der Waals surface area contributed by atoms with Crippen LogP contribution in [0.2, 0.25) is 0 Å². The lowest BCUT2D eigenvalue weighted by atomic mass is 10.4. The van der Waals surface area contributed by atoms with Crippen molar-refractivity contribution in [2.45, 2.75) is 6.04 Å². The second-order valence-corrected chi connectivity index (χ2v) is 3.85. The quantitative estimate of drug-likeness (QED) is 0.459. The molecular formula is C5H10N2O4S. The van der Waals surface area contributed by atoms with Crippen molar-refractivity contribution in [3.05, 3.63) is 0 Å². The molecule has 0 heterocycles. The Morgan fingerprint density at radius 3 is 2.25 bits per heavy atom. The first-order valence-electron chi connectivity index (χ1n) is 3.14. The minimum Gasteiger partial charge on any atom is -0.395 e. The standard InChI is InChI=1S/C5H10N2O4S/c6-1-2-12(10,11)7-5(3-8)4-9/h5,7-9H,2-4H2. The van der Waals surface area contributed by atoms with E-state index < -0.39 is 35.0 Å². The Balaban J connectivity index is 4.15. The molecule has 0 atom stereocenters. The predicted octanol–water partition coefficient (Wildman–Crippen LogP) is -2.22. The van der Waals surface area contributed by atoms with Gasteiger partial charge in [-0.15, -0.1) is 0 Å². The lowest BCUT2D eigenvalue weighted by Gasteiger charge is -2.11. The maximum absolute atomic E-state index is 10.8. The number of nitrogens with one attached hydrogen (secondary N) is 1. The molecule has 0 unspecified atom stereocenters. The molecule has 3 N–H and O–H groups in total. The highest BCUT2D eigenvalue weighted by atomic mass is 32.2. The zero-order chi connectivity index (χ0) is 9.61. The Kier molecular flexibility index (Phi) is 4.77.